The van der Waals surface area contributed by atoms with Gasteiger partial charge in [0, 0.05) is 31.1 Å². The molecular weight excluding hydrogens is 160 g/mol. The third kappa shape index (κ3) is 0.981. The van der Waals surface area contributed by atoms with Gasteiger partial charge in [0.05, 0.1) is 6.04 Å². The average Bonchev–Trinajstić information content (AvgIpc) is 2.44. The van der Waals surface area contributed by atoms with E-state index >= 15 is 0 Å². The number of hydrogen-bond donors (Lipinski definition) is 0. The Hall–Kier alpha value is -1.31. The maximum absolute atomic E-state index is 4.22. The van der Waals surface area contributed by atoms with Crippen LogP contribution in [0.25, 0.3) is 0 Å². The summed E-state index contributed by atoms with van der Waals surface area (Å²) in [6, 6.07) is 0.562. The molecule has 2 unspecified atom stereocenters. The molecule has 0 radical (unpaired) electrons. The van der Waals surface area contributed by atoms with Crippen LogP contribution in [0.15, 0.2) is 41.2 Å². The fraction of sp³-hybridized carbons (Fsp3) is 0.364. The Morgan fingerprint density at radius 3 is 3.46 bits per heavy atom. The molecular formula is C11H12N2. The standard InChI is InChI=1S/C11H12N2/c1-2-9-4-6-13-7-5-12-8-10(3-1)11(9)13/h1-3,5,7-9,11H,4,6H2. The van der Waals surface area contributed by atoms with Crippen LogP contribution in [-0.2, 0) is 0 Å². The van der Waals surface area contributed by atoms with Gasteiger partial charge in [-0.05, 0) is 12.0 Å². The van der Waals surface area contributed by atoms with E-state index in [-0.39, 0.29) is 0 Å². The topological polar surface area (TPSA) is 15.6 Å². The molecule has 2 heteroatoms. The van der Waals surface area contributed by atoms with Gasteiger partial charge in [0.2, 0.25) is 0 Å². The Morgan fingerprint density at radius 2 is 2.46 bits per heavy atom. The van der Waals surface area contributed by atoms with Crippen LogP contribution in [0.1, 0.15) is 6.42 Å². The summed E-state index contributed by atoms with van der Waals surface area (Å²) in [6.07, 6.45) is 13.9. The van der Waals surface area contributed by atoms with E-state index < -0.39 is 0 Å². The lowest BCUT2D eigenvalue weighted by Crippen LogP contribution is -2.30. The van der Waals surface area contributed by atoms with Gasteiger partial charge in [-0.1, -0.05) is 18.2 Å². The molecule has 0 aromatic rings. The second-order valence-electron chi connectivity index (χ2n) is 3.76. The molecule has 13 heavy (non-hydrogen) atoms. The van der Waals surface area contributed by atoms with Crippen molar-refractivity contribution in [1.82, 2.24) is 4.90 Å². The minimum Gasteiger partial charge on any atom is -0.368 e. The van der Waals surface area contributed by atoms with E-state index in [4.69, 9.17) is 0 Å². The molecule has 0 spiro atoms. The van der Waals surface area contributed by atoms with Crippen molar-refractivity contribution in [2.75, 3.05) is 6.54 Å². The highest BCUT2D eigenvalue weighted by atomic mass is 15.2. The van der Waals surface area contributed by atoms with Gasteiger partial charge in [-0.15, -0.1) is 0 Å². The third-order valence-electron chi connectivity index (χ3n) is 3.04. The van der Waals surface area contributed by atoms with Crippen LogP contribution in [0.2, 0.25) is 0 Å². The highest BCUT2D eigenvalue weighted by Gasteiger charge is 2.34. The van der Waals surface area contributed by atoms with Gasteiger partial charge in [0.1, 0.15) is 0 Å². The first-order valence-corrected chi connectivity index (χ1v) is 4.79. The molecule has 2 atom stereocenters. The van der Waals surface area contributed by atoms with Crippen LogP contribution in [0.5, 0.6) is 0 Å². The number of allylic oxidation sites excluding steroid dienone is 2. The molecule has 0 aromatic carbocycles. The zero-order valence-electron chi connectivity index (χ0n) is 7.43. The molecule has 0 saturated carbocycles. The first-order valence-electron chi connectivity index (χ1n) is 4.79. The summed E-state index contributed by atoms with van der Waals surface area (Å²) in [5.74, 6) is 0.703. The fourth-order valence-corrected chi connectivity index (χ4v) is 2.43. The molecule has 0 aromatic heterocycles. The molecule has 1 aliphatic carbocycles. The van der Waals surface area contributed by atoms with Crippen LogP contribution in [0.3, 0.4) is 0 Å². The summed E-state index contributed by atoms with van der Waals surface area (Å²) in [6.45, 7) is 1.16. The van der Waals surface area contributed by atoms with E-state index in [1.807, 2.05) is 12.4 Å². The summed E-state index contributed by atoms with van der Waals surface area (Å²) in [5.41, 5.74) is 1.36. The monoisotopic (exact) mass is 172 g/mol. The van der Waals surface area contributed by atoms with Crippen molar-refractivity contribution >= 4 is 6.21 Å². The highest BCUT2D eigenvalue weighted by Crippen LogP contribution is 2.33. The van der Waals surface area contributed by atoms with Crippen molar-refractivity contribution in [1.29, 1.82) is 0 Å². The van der Waals surface area contributed by atoms with Crippen LogP contribution in [0, 0.1) is 5.92 Å². The third-order valence-corrected chi connectivity index (χ3v) is 3.04. The zero-order valence-corrected chi connectivity index (χ0v) is 7.43. The molecule has 0 bridgehead atoms. The van der Waals surface area contributed by atoms with Crippen molar-refractivity contribution in [3.63, 3.8) is 0 Å². The van der Waals surface area contributed by atoms with Crippen molar-refractivity contribution in [2.45, 2.75) is 12.5 Å². The molecule has 2 aliphatic heterocycles. The molecule has 0 N–H and O–H groups in total. The molecule has 2 heterocycles. The molecule has 3 aliphatic rings. The minimum atomic E-state index is 0.562. The molecule has 66 valence electrons. The maximum Gasteiger partial charge on any atom is 0.0615 e. The van der Waals surface area contributed by atoms with E-state index in [0.717, 1.165) is 6.54 Å². The lowest BCUT2D eigenvalue weighted by Gasteiger charge is -2.27. The van der Waals surface area contributed by atoms with Crippen LogP contribution >= 0.6 is 0 Å². The van der Waals surface area contributed by atoms with Gasteiger partial charge in [-0.2, -0.15) is 0 Å². The largest absolute Gasteiger partial charge is 0.368 e. The summed E-state index contributed by atoms with van der Waals surface area (Å²) >= 11 is 0. The predicted molar refractivity (Wildman–Crippen MR) is 53.5 cm³/mol. The maximum atomic E-state index is 4.22. The van der Waals surface area contributed by atoms with Gasteiger partial charge < -0.3 is 4.90 Å². The van der Waals surface area contributed by atoms with E-state index in [1.54, 1.807) is 0 Å². The number of hydrogen-bond acceptors (Lipinski definition) is 2. The van der Waals surface area contributed by atoms with Crippen LogP contribution in [-0.4, -0.2) is 23.7 Å². The van der Waals surface area contributed by atoms with E-state index in [1.165, 1.54) is 12.0 Å². The Labute approximate surface area is 78.0 Å². The molecule has 1 saturated heterocycles. The van der Waals surface area contributed by atoms with Gasteiger partial charge >= 0.3 is 0 Å². The van der Waals surface area contributed by atoms with Crippen molar-refractivity contribution in [3.8, 4) is 0 Å². The first-order chi connectivity index (χ1) is 6.45. The second kappa shape index (κ2) is 2.59. The number of nitrogens with zero attached hydrogens (tertiary/aromatic N) is 2. The second-order valence-corrected chi connectivity index (χ2v) is 3.76. The van der Waals surface area contributed by atoms with Crippen molar-refractivity contribution in [2.24, 2.45) is 10.9 Å². The Kier molecular flexibility index (Phi) is 1.42. The molecule has 0 amide bonds. The van der Waals surface area contributed by atoms with Gasteiger partial charge in [-0.25, -0.2) is 0 Å². The van der Waals surface area contributed by atoms with Crippen LogP contribution in [0.4, 0.5) is 0 Å². The highest BCUT2D eigenvalue weighted by molar-refractivity contribution is 5.82. The zero-order chi connectivity index (χ0) is 8.67. The quantitative estimate of drug-likeness (QED) is 0.543. The molecule has 1 fully saturated rings. The Bertz CT molecular complexity index is 334. The number of aliphatic imine (C=N–C) groups is 1. The summed E-state index contributed by atoms with van der Waals surface area (Å²) in [5, 5.41) is 0. The summed E-state index contributed by atoms with van der Waals surface area (Å²) in [7, 11) is 0. The van der Waals surface area contributed by atoms with Gasteiger partial charge in [0.15, 0.2) is 0 Å². The lowest BCUT2D eigenvalue weighted by molar-refractivity contribution is 0.373. The molecule has 3 rings (SSSR count). The fourth-order valence-electron chi connectivity index (χ4n) is 2.43. The SMILES string of the molecule is C1=CC2CCN3C=CN=CC(=C1)C23. The van der Waals surface area contributed by atoms with E-state index in [9.17, 15) is 0 Å². The van der Waals surface area contributed by atoms with Crippen LogP contribution < -0.4 is 0 Å². The van der Waals surface area contributed by atoms with Gasteiger partial charge in [-0.3, -0.25) is 4.99 Å². The Morgan fingerprint density at radius 1 is 1.46 bits per heavy atom. The smallest absolute Gasteiger partial charge is 0.0615 e. The lowest BCUT2D eigenvalue weighted by atomic mass is 9.90. The number of rotatable bonds is 0. The van der Waals surface area contributed by atoms with E-state index in [2.05, 4.69) is 34.3 Å². The van der Waals surface area contributed by atoms with Gasteiger partial charge in [0.25, 0.3) is 0 Å². The Balaban J connectivity index is 2.07. The average molecular weight is 172 g/mol. The molecule has 2 nitrogen and oxygen atoms in total. The normalized spacial score (nSPS) is 34.5. The summed E-state index contributed by atoms with van der Waals surface area (Å²) in [4.78, 5) is 6.62. The van der Waals surface area contributed by atoms with E-state index in [0.29, 0.717) is 12.0 Å². The van der Waals surface area contributed by atoms with Crippen molar-refractivity contribution < 1.29 is 0 Å². The predicted octanol–water partition coefficient (Wildman–Crippen LogP) is 1.73. The first kappa shape index (κ1) is 7.13. The minimum absolute atomic E-state index is 0.562. The summed E-state index contributed by atoms with van der Waals surface area (Å²) < 4.78 is 0. The van der Waals surface area contributed by atoms with Crippen molar-refractivity contribution in [3.05, 3.63) is 36.2 Å².